The summed E-state index contributed by atoms with van der Waals surface area (Å²) in [5.74, 6) is -0.709. The number of anilines is 1. The van der Waals surface area contributed by atoms with Crippen molar-refractivity contribution in [3.05, 3.63) is 29.3 Å². The summed E-state index contributed by atoms with van der Waals surface area (Å²) in [5.41, 5.74) is 1.61. The van der Waals surface area contributed by atoms with Crippen molar-refractivity contribution in [3.63, 3.8) is 0 Å². The molecule has 0 aromatic heterocycles. The first-order valence-corrected chi connectivity index (χ1v) is 10.7. The summed E-state index contributed by atoms with van der Waals surface area (Å²) in [4.78, 5) is 37.5. The lowest BCUT2D eigenvalue weighted by Crippen LogP contribution is -3.00. The predicted molar refractivity (Wildman–Crippen MR) is 115 cm³/mol. The van der Waals surface area contributed by atoms with Crippen LogP contribution in [-0.2, 0) is 19.1 Å². The number of hydrogen-bond acceptors (Lipinski definition) is 5. The highest BCUT2D eigenvalue weighted by Crippen LogP contribution is 2.26. The minimum Gasteiger partial charge on any atom is -1.00 e. The van der Waals surface area contributed by atoms with Crippen molar-refractivity contribution >= 4 is 23.5 Å². The molecule has 1 aromatic carbocycles. The van der Waals surface area contributed by atoms with E-state index >= 15 is 0 Å². The minimum absolute atomic E-state index is 0. The molecular weight excluding hydrogens is 511 g/mol. The number of methoxy groups -OCH3 is 1. The third kappa shape index (κ3) is 7.45. The lowest BCUT2D eigenvalue weighted by molar-refractivity contribution is -0.925. The van der Waals surface area contributed by atoms with Crippen LogP contribution in [0.2, 0.25) is 0 Å². The molecule has 174 valence electrons. The zero-order chi connectivity index (χ0) is 22.3. The third-order valence-electron chi connectivity index (χ3n) is 5.78. The molecule has 1 N–H and O–H groups in total. The highest BCUT2D eigenvalue weighted by molar-refractivity contribution is 6.02. The maximum Gasteiger partial charge on any atom is 0.339 e. The lowest BCUT2D eigenvalue weighted by Gasteiger charge is -2.42. The van der Waals surface area contributed by atoms with Gasteiger partial charge in [0.1, 0.15) is 5.92 Å². The van der Waals surface area contributed by atoms with Crippen LogP contribution in [0.4, 0.5) is 5.69 Å². The van der Waals surface area contributed by atoms with Crippen LogP contribution in [0.15, 0.2) is 18.2 Å². The smallest absolute Gasteiger partial charge is 0.339 e. The van der Waals surface area contributed by atoms with Gasteiger partial charge in [0.15, 0.2) is 6.54 Å². The molecule has 0 radical (unpaired) electrons. The van der Waals surface area contributed by atoms with Crippen LogP contribution in [0.1, 0.15) is 49.5 Å². The van der Waals surface area contributed by atoms with Crippen LogP contribution in [0.5, 0.6) is 0 Å². The molecule has 1 heterocycles. The third-order valence-corrected chi connectivity index (χ3v) is 5.78. The van der Waals surface area contributed by atoms with E-state index in [-0.39, 0.29) is 48.3 Å². The summed E-state index contributed by atoms with van der Waals surface area (Å²) in [7, 11) is 1.32. The molecule has 0 bridgehead atoms. The molecule has 0 spiro atoms. The van der Waals surface area contributed by atoms with E-state index in [9.17, 15) is 14.4 Å². The fourth-order valence-corrected chi connectivity index (χ4v) is 4.02. The summed E-state index contributed by atoms with van der Waals surface area (Å²) in [6, 6.07) is 5.24. The molecule has 7 nitrogen and oxygen atoms in total. The van der Waals surface area contributed by atoms with Gasteiger partial charge in [0.2, 0.25) is 0 Å². The Balaban J connectivity index is 0.00000480. The molecule has 0 saturated carbocycles. The highest BCUT2D eigenvalue weighted by atomic mass is 127. The minimum atomic E-state index is -0.487. The van der Waals surface area contributed by atoms with Gasteiger partial charge in [-0.25, -0.2) is 4.79 Å². The molecule has 8 heteroatoms. The van der Waals surface area contributed by atoms with Crippen molar-refractivity contribution in [1.29, 1.82) is 0 Å². The Hall–Kier alpha value is -1.68. The van der Waals surface area contributed by atoms with E-state index in [1.54, 1.807) is 12.1 Å². The Morgan fingerprint density at radius 2 is 1.97 bits per heavy atom. The number of nitrogens with one attached hydrogen (secondary N) is 1. The number of rotatable bonds is 8. The van der Waals surface area contributed by atoms with Crippen LogP contribution < -0.4 is 29.3 Å². The number of nitrogens with zero attached hydrogens (tertiary/aromatic N) is 1. The first kappa shape index (κ1) is 27.4. The molecule has 2 rings (SSSR count). The Morgan fingerprint density at radius 3 is 2.58 bits per heavy atom. The second-order valence-corrected chi connectivity index (χ2v) is 8.62. The number of aryl methyl sites for hydroxylation is 1. The molecule has 2 atom stereocenters. The maximum atomic E-state index is 13.0. The van der Waals surface area contributed by atoms with Gasteiger partial charge in [0, 0.05) is 0 Å². The summed E-state index contributed by atoms with van der Waals surface area (Å²) in [5, 5.41) is 2.91. The van der Waals surface area contributed by atoms with Crippen LogP contribution in [-0.4, -0.2) is 62.2 Å². The number of esters is 2. The van der Waals surface area contributed by atoms with Gasteiger partial charge in [-0.2, -0.15) is 0 Å². The van der Waals surface area contributed by atoms with Crippen LogP contribution in [0, 0.1) is 18.8 Å². The fourth-order valence-electron chi connectivity index (χ4n) is 4.02. The van der Waals surface area contributed by atoms with Crippen molar-refractivity contribution in [3.8, 4) is 0 Å². The van der Waals surface area contributed by atoms with Gasteiger partial charge in [-0.1, -0.05) is 26.0 Å². The second-order valence-electron chi connectivity index (χ2n) is 8.62. The van der Waals surface area contributed by atoms with Crippen molar-refractivity contribution in [2.75, 3.05) is 45.2 Å². The van der Waals surface area contributed by atoms with E-state index in [4.69, 9.17) is 9.47 Å². The van der Waals surface area contributed by atoms with Crippen molar-refractivity contribution in [1.82, 2.24) is 0 Å². The number of carbonyl (C=O) groups is 3. The zero-order valence-corrected chi connectivity index (χ0v) is 21.4. The number of likely N-dealkylation sites (N-methyl/N-ethyl adjacent to an activating group) is 1. The molecule has 31 heavy (non-hydrogen) atoms. The quantitative estimate of drug-likeness (QED) is 0.286. The summed E-state index contributed by atoms with van der Waals surface area (Å²) in [6.45, 7) is 10.8. The lowest BCUT2D eigenvalue weighted by atomic mass is 9.95. The van der Waals surface area contributed by atoms with E-state index in [1.165, 1.54) is 7.11 Å². The molecule has 2 unspecified atom stereocenters. The summed E-state index contributed by atoms with van der Waals surface area (Å²) < 4.78 is 10.8. The van der Waals surface area contributed by atoms with Gasteiger partial charge in [-0.15, -0.1) is 0 Å². The van der Waals surface area contributed by atoms with Crippen molar-refractivity contribution in [2.45, 2.75) is 40.5 Å². The van der Waals surface area contributed by atoms with Crippen LogP contribution in [0.3, 0.4) is 0 Å². The molecule has 1 aliphatic rings. The fraction of sp³-hybridized carbons (Fsp3) is 0.609. The van der Waals surface area contributed by atoms with Gasteiger partial charge < -0.3 is 43.3 Å². The van der Waals surface area contributed by atoms with Crippen molar-refractivity contribution in [2.24, 2.45) is 11.8 Å². The number of halogens is 1. The number of carbonyl (C=O) groups excluding carboxylic acids is 3. The normalized spacial score (nSPS) is 20.5. The Morgan fingerprint density at radius 1 is 1.26 bits per heavy atom. The SMILES string of the molecule is CC[N+]1(CC(=O)Nc2c(C)cccc2C(=O)OC)CCCC(C(=O)OCC(C)C)C1.[I-]. The molecule has 0 aliphatic carbocycles. The van der Waals surface area contributed by atoms with E-state index in [1.807, 2.05) is 33.8 Å². The van der Waals surface area contributed by atoms with Crippen molar-refractivity contribution < 1.29 is 52.3 Å². The average Bonchev–Trinajstić information content (AvgIpc) is 2.72. The summed E-state index contributed by atoms with van der Waals surface area (Å²) in [6.07, 6.45) is 1.67. The number of likely N-dealkylation sites (tertiary alicyclic amines) is 1. The molecule has 1 amide bonds. The first-order chi connectivity index (χ1) is 14.2. The van der Waals surface area contributed by atoms with Gasteiger partial charge in [0.25, 0.3) is 5.91 Å². The van der Waals surface area contributed by atoms with Crippen LogP contribution >= 0.6 is 0 Å². The second kappa shape index (κ2) is 12.4. The average molecular weight is 546 g/mol. The Labute approximate surface area is 202 Å². The van der Waals surface area contributed by atoms with E-state index in [2.05, 4.69) is 5.32 Å². The van der Waals surface area contributed by atoms with Gasteiger partial charge in [0.05, 0.1) is 44.6 Å². The highest BCUT2D eigenvalue weighted by Gasteiger charge is 2.39. The number of quaternary nitrogens is 1. The maximum absolute atomic E-state index is 13.0. The first-order valence-electron chi connectivity index (χ1n) is 10.7. The molecule has 1 aliphatic heterocycles. The zero-order valence-electron chi connectivity index (χ0n) is 19.2. The standard InChI is InChI=1S/C23H34N2O5.HI/c1-6-25(12-8-10-18(13-25)22(27)30-15-16(2)3)14-20(26)24-21-17(4)9-7-11-19(21)23(28)29-5;/h7,9,11,16,18H,6,8,10,12-15H2,1-5H3;1H. The van der Waals surface area contributed by atoms with E-state index < -0.39 is 5.97 Å². The number of benzene rings is 1. The monoisotopic (exact) mass is 546 g/mol. The van der Waals surface area contributed by atoms with Gasteiger partial charge in [-0.05, 0) is 44.2 Å². The molecule has 1 aromatic rings. The van der Waals surface area contributed by atoms with E-state index in [0.29, 0.717) is 34.8 Å². The number of ether oxygens (including phenoxy) is 2. The van der Waals surface area contributed by atoms with Crippen LogP contribution in [0.25, 0.3) is 0 Å². The van der Waals surface area contributed by atoms with E-state index in [0.717, 1.165) is 31.5 Å². The number of piperidine rings is 1. The number of amides is 1. The Kier molecular flexibility index (Phi) is 10.9. The Bertz CT molecular complexity index is 783. The summed E-state index contributed by atoms with van der Waals surface area (Å²) >= 11 is 0. The number of hydrogen-bond donors (Lipinski definition) is 1. The molecule has 1 saturated heterocycles. The van der Waals surface area contributed by atoms with Gasteiger partial charge >= 0.3 is 11.9 Å². The predicted octanol–water partition coefficient (Wildman–Crippen LogP) is 0.170. The van der Waals surface area contributed by atoms with Gasteiger partial charge in [-0.3, -0.25) is 9.59 Å². The molecular formula is C23H35IN2O5. The molecule has 1 fully saturated rings. The topological polar surface area (TPSA) is 81.7 Å². The largest absolute Gasteiger partial charge is 1.00 e. The number of para-hydroxylation sites is 1.